The third-order valence-electron chi connectivity index (χ3n) is 4.59. The molecular formula is C24H28N4O3S2. The van der Waals surface area contributed by atoms with E-state index >= 15 is 0 Å². The molecule has 0 aromatic heterocycles. The zero-order valence-corrected chi connectivity index (χ0v) is 20.2. The summed E-state index contributed by atoms with van der Waals surface area (Å²) in [5.74, 6) is 0. The Morgan fingerprint density at radius 3 is 2.24 bits per heavy atom. The van der Waals surface area contributed by atoms with Crippen molar-refractivity contribution >= 4 is 39.2 Å². The number of amides is 2. The summed E-state index contributed by atoms with van der Waals surface area (Å²) in [4.78, 5) is 15.9. The van der Waals surface area contributed by atoms with Crippen molar-refractivity contribution in [3.8, 4) is 0 Å². The SMILES string of the molecule is CN(C)CCCNC(=O)Nc1ccccc1Sc1ccccc1S(=O)(=O)Nc1ccccc1. The lowest BCUT2D eigenvalue weighted by molar-refractivity contribution is 0.251. The van der Waals surface area contributed by atoms with E-state index in [0.29, 0.717) is 22.8 Å². The molecule has 0 atom stereocenters. The Bertz CT molecular complexity index is 1170. The van der Waals surface area contributed by atoms with E-state index in [4.69, 9.17) is 0 Å². The van der Waals surface area contributed by atoms with Gasteiger partial charge in [0, 0.05) is 22.0 Å². The fraction of sp³-hybridized carbons (Fsp3) is 0.208. The van der Waals surface area contributed by atoms with Crippen LogP contribution in [-0.4, -0.2) is 46.5 Å². The lowest BCUT2D eigenvalue weighted by Crippen LogP contribution is -2.31. The van der Waals surface area contributed by atoms with Crippen LogP contribution in [0, 0.1) is 0 Å². The summed E-state index contributed by atoms with van der Waals surface area (Å²) < 4.78 is 28.7. The first kappa shape index (κ1) is 24.6. The predicted molar refractivity (Wildman–Crippen MR) is 134 cm³/mol. The summed E-state index contributed by atoms with van der Waals surface area (Å²) in [7, 11) is 0.178. The Kier molecular flexibility index (Phi) is 8.76. The minimum atomic E-state index is -3.80. The van der Waals surface area contributed by atoms with Gasteiger partial charge in [0.15, 0.2) is 0 Å². The van der Waals surface area contributed by atoms with Crippen molar-refractivity contribution in [3.63, 3.8) is 0 Å². The number of hydrogen-bond donors (Lipinski definition) is 3. The van der Waals surface area contributed by atoms with Crippen LogP contribution in [0.25, 0.3) is 0 Å². The number of carbonyl (C=O) groups is 1. The number of anilines is 2. The monoisotopic (exact) mass is 484 g/mol. The number of para-hydroxylation sites is 2. The molecular weight excluding hydrogens is 456 g/mol. The molecule has 9 heteroatoms. The van der Waals surface area contributed by atoms with Crippen LogP contribution in [-0.2, 0) is 10.0 Å². The Balaban J connectivity index is 1.75. The van der Waals surface area contributed by atoms with Gasteiger partial charge in [-0.3, -0.25) is 4.72 Å². The maximum Gasteiger partial charge on any atom is 0.319 e. The molecule has 0 spiro atoms. The van der Waals surface area contributed by atoms with Crippen LogP contribution in [0.15, 0.2) is 93.5 Å². The third-order valence-corrected chi connectivity index (χ3v) is 7.31. The fourth-order valence-electron chi connectivity index (χ4n) is 3.01. The van der Waals surface area contributed by atoms with E-state index in [9.17, 15) is 13.2 Å². The van der Waals surface area contributed by atoms with Gasteiger partial charge in [-0.25, -0.2) is 13.2 Å². The van der Waals surface area contributed by atoms with Crippen molar-refractivity contribution < 1.29 is 13.2 Å². The molecule has 3 N–H and O–H groups in total. The van der Waals surface area contributed by atoms with Gasteiger partial charge in [0.05, 0.1) is 5.69 Å². The number of sulfonamides is 1. The minimum absolute atomic E-state index is 0.168. The summed E-state index contributed by atoms with van der Waals surface area (Å²) in [5.41, 5.74) is 1.10. The molecule has 0 aliphatic heterocycles. The van der Waals surface area contributed by atoms with E-state index in [2.05, 4.69) is 20.3 Å². The molecule has 3 rings (SSSR count). The first-order chi connectivity index (χ1) is 15.8. The fourth-order valence-corrected chi connectivity index (χ4v) is 5.54. The van der Waals surface area contributed by atoms with Gasteiger partial charge in [-0.1, -0.05) is 54.2 Å². The average Bonchev–Trinajstić information content (AvgIpc) is 2.78. The Labute approximate surface area is 199 Å². The molecule has 3 aromatic rings. The van der Waals surface area contributed by atoms with Crippen LogP contribution in [0.2, 0.25) is 0 Å². The molecule has 0 heterocycles. The third kappa shape index (κ3) is 7.52. The van der Waals surface area contributed by atoms with Gasteiger partial charge in [0.2, 0.25) is 0 Å². The Hall–Kier alpha value is -3.01. The van der Waals surface area contributed by atoms with E-state index in [1.165, 1.54) is 11.8 Å². The molecule has 7 nitrogen and oxygen atoms in total. The number of urea groups is 1. The van der Waals surface area contributed by atoms with Crippen molar-refractivity contribution in [2.24, 2.45) is 0 Å². The molecule has 0 aliphatic rings. The molecule has 0 saturated heterocycles. The van der Waals surface area contributed by atoms with Gasteiger partial charge < -0.3 is 15.5 Å². The molecule has 0 aliphatic carbocycles. The van der Waals surface area contributed by atoms with Crippen LogP contribution in [0.4, 0.5) is 16.2 Å². The summed E-state index contributed by atoms with van der Waals surface area (Å²) in [6, 6.07) is 22.6. The first-order valence-corrected chi connectivity index (χ1v) is 12.8. The highest BCUT2D eigenvalue weighted by molar-refractivity contribution is 8.00. The lowest BCUT2D eigenvalue weighted by Gasteiger charge is -2.15. The van der Waals surface area contributed by atoms with E-state index in [1.807, 2.05) is 38.4 Å². The summed E-state index contributed by atoms with van der Waals surface area (Å²) in [6.45, 7) is 1.44. The van der Waals surface area contributed by atoms with E-state index in [-0.39, 0.29) is 10.9 Å². The second-order valence-corrected chi connectivity index (χ2v) is 10.3. The van der Waals surface area contributed by atoms with Crippen molar-refractivity contribution in [1.29, 1.82) is 0 Å². The number of hydrogen-bond acceptors (Lipinski definition) is 5. The van der Waals surface area contributed by atoms with E-state index in [1.54, 1.807) is 54.6 Å². The number of carbonyl (C=O) groups excluding carboxylic acids is 1. The zero-order chi connectivity index (χ0) is 23.7. The number of nitrogens with zero attached hydrogens (tertiary/aromatic N) is 1. The standard InChI is InChI=1S/C24H28N4O3S2/c1-28(2)18-10-17-25-24(29)26-20-13-6-7-14-21(20)32-22-15-8-9-16-23(22)33(30,31)27-19-11-4-3-5-12-19/h3-9,11-16,27H,10,17-18H2,1-2H3,(H2,25,26,29). The van der Waals surface area contributed by atoms with Gasteiger partial charge in [-0.15, -0.1) is 0 Å². The second-order valence-electron chi connectivity index (χ2n) is 7.55. The van der Waals surface area contributed by atoms with Gasteiger partial charge in [0.25, 0.3) is 10.0 Å². The van der Waals surface area contributed by atoms with Gasteiger partial charge in [-0.05, 0) is 63.5 Å². The number of benzene rings is 3. The largest absolute Gasteiger partial charge is 0.338 e. The second kappa shape index (κ2) is 11.7. The van der Waals surface area contributed by atoms with Crippen molar-refractivity contribution in [2.45, 2.75) is 21.1 Å². The highest BCUT2D eigenvalue weighted by atomic mass is 32.2. The quantitative estimate of drug-likeness (QED) is 0.363. The molecule has 0 saturated carbocycles. The maximum absolute atomic E-state index is 13.1. The van der Waals surface area contributed by atoms with Crippen LogP contribution in [0.1, 0.15) is 6.42 Å². The molecule has 0 radical (unpaired) electrons. The van der Waals surface area contributed by atoms with Crippen LogP contribution < -0.4 is 15.4 Å². The number of rotatable bonds is 10. The van der Waals surface area contributed by atoms with Gasteiger partial charge in [-0.2, -0.15) is 0 Å². The van der Waals surface area contributed by atoms with Crippen LogP contribution >= 0.6 is 11.8 Å². The minimum Gasteiger partial charge on any atom is -0.338 e. The molecule has 0 fully saturated rings. The smallest absolute Gasteiger partial charge is 0.319 e. The molecule has 0 bridgehead atoms. The zero-order valence-electron chi connectivity index (χ0n) is 18.6. The van der Waals surface area contributed by atoms with Crippen molar-refractivity contribution in [3.05, 3.63) is 78.9 Å². The molecule has 2 amide bonds. The summed E-state index contributed by atoms with van der Waals surface area (Å²) in [6.07, 6.45) is 0.844. The van der Waals surface area contributed by atoms with E-state index < -0.39 is 10.0 Å². The first-order valence-electron chi connectivity index (χ1n) is 10.5. The predicted octanol–water partition coefficient (Wildman–Crippen LogP) is 4.71. The van der Waals surface area contributed by atoms with Crippen LogP contribution in [0.5, 0.6) is 0 Å². The number of nitrogens with one attached hydrogen (secondary N) is 3. The summed E-state index contributed by atoms with van der Waals surface area (Å²) >= 11 is 1.28. The topological polar surface area (TPSA) is 90.5 Å². The van der Waals surface area contributed by atoms with Gasteiger partial charge >= 0.3 is 6.03 Å². The molecule has 33 heavy (non-hydrogen) atoms. The highest BCUT2D eigenvalue weighted by Crippen LogP contribution is 2.37. The highest BCUT2D eigenvalue weighted by Gasteiger charge is 2.20. The van der Waals surface area contributed by atoms with Gasteiger partial charge in [0.1, 0.15) is 4.90 Å². The molecule has 0 unspecified atom stereocenters. The lowest BCUT2D eigenvalue weighted by atomic mass is 10.3. The Morgan fingerprint density at radius 2 is 1.52 bits per heavy atom. The van der Waals surface area contributed by atoms with Crippen molar-refractivity contribution in [2.75, 3.05) is 37.2 Å². The van der Waals surface area contributed by atoms with Crippen molar-refractivity contribution in [1.82, 2.24) is 10.2 Å². The summed E-state index contributed by atoms with van der Waals surface area (Å²) in [5, 5.41) is 5.72. The maximum atomic E-state index is 13.1. The Morgan fingerprint density at radius 1 is 0.879 bits per heavy atom. The molecule has 174 valence electrons. The average molecular weight is 485 g/mol. The molecule has 3 aromatic carbocycles. The van der Waals surface area contributed by atoms with Crippen LogP contribution in [0.3, 0.4) is 0 Å². The van der Waals surface area contributed by atoms with E-state index in [0.717, 1.165) is 17.9 Å². The normalized spacial score (nSPS) is 11.2.